The van der Waals surface area contributed by atoms with Gasteiger partial charge in [-0.05, 0) is 37.0 Å². The third-order valence-corrected chi connectivity index (χ3v) is 8.21. The molecule has 0 radical (unpaired) electrons. The second kappa shape index (κ2) is 33.7. The van der Waals surface area contributed by atoms with Crippen LogP contribution in [0.2, 0.25) is 0 Å². The minimum absolute atomic E-state index is 0.116. The normalized spacial score (nSPS) is 11.2. The monoisotopic (exact) mass is 635 g/mol. The van der Waals surface area contributed by atoms with Gasteiger partial charge in [0.2, 0.25) is 0 Å². The second-order valence-electron chi connectivity index (χ2n) is 12.4. The fraction of sp³-hybridized carbons (Fsp3) is 0.821. The smallest absolute Gasteiger partial charge is 0.305 e. The fourth-order valence-corrected chi connectivity index (χ4v) is 5.37. The Kier molecular flexibility index (Phi) is 31.0. The summed E-state index contributed by atoms with van der Waals surface area (Å²) in [5, 5.41) is 0. The van der Waals surface area contributed by atoms with Gasteiger partial charge >= 0.3 is 5.97 Å². The van der Waals surface area contributed by atoms with Crippen molar-refractivity contribution >= 4 is 5.97 Å². The Morgan fingerprint density at radius 2 is 0.867 bits per heavy atom. The molecule has 0 aliphatic carbocycles. The molecule has 6 heteroatoms. The Labute approximate surface area is 277 Å². The third-order valence-electron chi connectivity index (χ3n) is 8.21. The van der Waals surface area contributed by atoms with Crippen molar-refractivity contribution in [2.45, 2.75) is 155 Å². The fourth-order valence-electron chi connectivity index (χ4n) is 5.37. The summed E-state index contributed by atoms with van der Waals surface area (Å²) >= 11 is 0. The van der Waals surface area contributed by atoms with Crippen molar-refractivity contribution in [3.63, 3.8) is 0 Å². The number of carbonyl (C=O) groups excluding carboxylic acids is 1. The molecule has 0 unspecified atom stereocenters. The minimum Gasteiger partial charge on any atom is -0.491 e. The first-order valence-electron chi connectivity index (χ1n) is 18.9. The van der Waals surface area contributed by atoms with Crippen LogP contribution in [0.4, 0.5) is 0 Å². The van der Waals surface area contributed by atoms with E-state index in [1.165, 1.54) is 121 Å². The van der Waals surface area contributed by atoms with Crippen LogP contribution in [0.1, 0.15) is 154 Å². The number of hydrogen-bond donors (Lipinski definition) is 0. The molecule has 0 saturated heterocycles. The van der Waals surface area contributed by atoms with Crippen LogP contribution in [0, 0.1) is 0 Å². The van der Waals surface area contributed by atoms with E-state index in [1.54, 1.807) is 0 Å². The molecule has 262 valence electrons. The summed E-state index contributed by atoms with van der Waals surface area (Å²) in [6.45, 7) is 8.33. The molecule has 0 saturated carbocycles. The molecule has 0 aliphatic rings. The first-order chi connectivity index (χ1) is 22.3. The third kappa shape index (κ3) is 29.5. The highest BCUT2D eigenvalue weighted by Crippen LogP contribution is 2.16. The van der Waals surface area contributed by atoms with Gasteiger partial charge < -0.3 is 23.7 Å². The molecule has 0 spiro atoms. The van der Waals surface area contributed by atoms with E-state index in [0.29, 0.717) is 59.3 Å². The van der Waals surface area contributed by atoms with Crippen LogP contribution in [-0.4, -0.2) is 58.8 Å². The summed E-state index contributed by atoms with van der Waals surface area (Å²) in [6.07, 6.45) is 28.0. The van der Waals surface area contributed by atoms with E-state index >= 15 is 0 Å². The van der Waals surface area contributed by atoms with Crippen LogP contribution < -0.4 is 4.74 Å². The molecule has 0 amide bonds. The highest BCUT2D eigenvalue weighted by Gasteiger charge is 2.03. The molecule has 0 aromatic heterocycles. The number of carbonyl (C=O) groups is 1. The number of rotatable bonds is 35. The average Bonchev–Trinajstić information content (AvgIpc) is 3.05. The van der Waals surface area contributed by atoms with Gasteiger partial charge in [0.05, 0.1) is 39.6 Å². The van der Waals surface area contributed by atoms with Gasteiger partial charge in [0.25, 0.3) is 0 Å². The Balaban J connectivity index is 1.78. The van der Waals surface area contributed by atoms with Crippen molar-refractivity contribution in [3.05, 3.63) is 29.8 Å². The summed E-state index contributed by atoms with van der Waals surface area (Å²) in [7, 11) is 0. The Morgan fingerprint density at radius 1 is 0.467 bits per heavy atom. The van der Waals surface area contributed by atoms with Crippen LogP contribution in [0.15, 0.2) is 24.3 Å². The van der Waals surface area contributed by atoms with Crippen LogP contribution >= 0.6 is 0 Å². The number of ether oxygens (including phenoxy) is 5. The zero-order chi connectivity index (χ0) is 32.3. The molecule has 0 atom stereocenters. The predicted molar refractivity (Wildman–Crippen MR) is 187 cm³/mol. The minimum atomic E-state index is -0.116. The maximum atomic E-state index is 11.9. The van der Waals surface area contributed by atoms with E-state index < -0.39 is 0 Å². The van der Waals surface area contributed by atoms with Crippen LogP contribution in [0.5, 0.6) is 5.75 Å². The van der Waals surface area contributed by atoms with Gasteiger partial charge in [-0.25, -0.2) is 0 Å². The molecular formula is C39H70O6. The van der Waals surface area contributed by atoms with Crippen molar-refractivity contribution in [2.24, 2.45) is 0 Å². The lowest BCUT2D eigenvalue weighted by molar-refractivity contribution is -0.145. The molecular weight excluding hydrogens is 564 g/mol. The van der Waals surface area contributed by atoms with Crippen LogP contribution in [0.25, 0.3) is 0 Å². The number of benzene rings is 1. The quantitative estimate of drug-likeness (QED) is 0.0547. The van der Waals surface area contributed by atoms with Crippen LogP contribution in [0.3, 0.4) is 0 Å². The first-order valence-corrected chi connectivity index (χ1v) is 18.9. The summed E-state index contributed by atoms with van der Waals surface area (Å²) in [4.78, 5) is 11.9. The van der Waals surface area contributed by atoms with E-state index in [-0.39, 0.29) is 5.97 Å². The largest absolute Gasteiger partial charge is 0.491 e. The maximum absolute atomic E-state index is 11.9. The summed E-state index contributed by atoms with van der Waals surface area (Å²) in [6, 6.07) is 8.46. The number of esters is 1. The molecule has 45 heavy (non-hydrogen) atoms. The predicted octanol–water partition coefficient (Wildman–Crippen LogP) is 10.4. The molecule has 1 aromatic rings. The second-order valence-corrected chi connectivity index (χ2v) is 12.4. The SMILES string of the molecule is CCCCCCCCCCCCCCCC(=O)OCCOCCOCCOCCOc1ccc(CCCCCCCCC)cc1. The number of aryl methyl sites for hydroxylation is 1. The van der Waals surface area contributed by atoms with E-state index in [9.17, 15) is 4.79 Å². The van der Waals surface area contributed by atoms with Crippen molar-refractivity contribution in [2.75, 3.05) is 52.9 Å². The average molecular weight is 635 g/mol. The summed E-state index contributed by atoms with van der Waals surface area (Å²) in [5.41, 5.74) is 1.38. The van der Waals surface area contributed by atoms with Crippen molar-refractivity contribution < 1.29 is 28.5 Å². The van der Waals surface area contributed by atoms with E-state index in [2.05, 4.69) is 38.1 Å². The van der Waals surface area contributed by atoms with Gasteiger partial charge in [0.1, 0.15) is 19.0 Å². The molecule has 0 fully saturated rings. The van der Waals surface area contributed by atoms with Crippen LogP contribution in [-0.2, 0) is 30.2 Å². The Bertz CT molecular complexity index is 738. The van der Waals surface area contributed by atoms with Crippen molar-refractivity contribution in [1.29, 1.82) is 0 Å². The zero-order valence-electron chi connectivity index (χ0n) is 29.5. The molecule has 6 nitrogen and oxygen atoms in total. The lowest BCUT2D eigenvalue weighted by Crippen LogP contribution is -2.14. The maximum Gasteiger partial charge on any atom is 0.305 e. The lowest BCUT2D eigenvalue weighted by Gasteiger charge is -2.09. The molecule has 1 rings (SSSR count). The standard InChI is InChI=1S/C39H70O6/c1-3-5-7-9-11-12-13-14-15-16-18-20-22-24-39(40)45-36-34-43-32-30-41-29-31-42-33-35-44-38-27-25-37(26-28-38)23-21-19-17-10-8-6-4-2/h25-28H,3-24,29-36H2,1-2H3. The molecule has 0 N–H and O–H groups in total. The number of unbranched alkanes of at least 4 members (excludes halogenated alkanes) is 18. The Hall–Kier alpha value is -1.63. The first kappa shape index (κ1) is 41.4. The highest BCUT2D eigenvalue weighted by atomic mass is 16.6. The van der Waals surface area contributed by atoms with Crippen molar-refractivity contribution in [1.82, 2.24) is 0 Å². The lowest BCUT2D eigenvalue weighted by atomic mass is 10.0. The highest BCUT2D eigenvalue weighted by molar-refractivity contribution is 5.69. The van der Waals surface area contributed by atoms with E-state index in [1.807, 2.05) is 0 Å². The van der Waals surface area contributed by atoms with Gasteiger partial charge in [-0.2, -0.15) is 0 Å². The van der Waals surface area contributed by atoms with Crippen molar-refractivity contribution in [3.8, 4) is 5.75 Å². The van der Waals surface area contributed by atoms with Gasteiger partial charge in [-0.3, -0.25) is 4.79 Å². The van der Waals surface area contributed by atoms with Gasteiger partial charge in [-0.1, -0.05) is 142 Å². The molecule has 1 aromatic carbocycles. The van der Waals surface area contributed by atoms with E-state index in [4.69, 9.17) is 23.7 Å². The van der Waals surface area contributed by atoms with Gasteiger partial charge in [-0.15, -0.1) is 0 Å². The Morgan fingerprint density at radius 3 is 1.36 bits per heavy atom. The zero-order valence-corrected chi connectivity index (χ0v) is 29.5. The summed E-state index contributed by atoms with van der Waals surface area (Å²) < 4.78 is 27.7. The molecule has 0 aliphatic heterocycles. The number of hydrogen-bond acceptors (Lipinski definition) is 6. The van der Waals surface area contributed by atoms with E-state index in [0.717, 1.165) is 25.0 Å². The van der Waals surface area contributed by atoms with Gasteiger partial charge in [0, 0.05) is 6.42 Å². The molecule has 0 heterocycles. The topological polar surface area (TPSA) is 63.2 Å². The molecule has 0 bridgehead atoms. The van der Waals surface area contributed by atoms with Gasteiger partial charge in [0.15, 0.2) is 0 Å². The summed E-state index contributed by atoms with van der Waals surface area (Å²) in [5.74, 6) is 0.774.